The predicted molar refractivity (Wildman–Crippen MR) is 93.2 cm³/mol. The van der Waals surface area contributed by atoms with Crippen molar-refractivity contribution in [1.29, 1.82) is 0 Å². The van der Waals surface area contributed by atoms with Crippen LogP contribution in [0.1, 0.15) is 59.3 Å². The molecule has 1 fully saturated rings. The van der Waals surface area contributed by atoms with Crippen LogP contribution in [-0.4, -0.2) is 48.9 Å². The van der Waals surface area contributed by atoms with Crippen LogP contribution >= 0.6 is 0 Å². The number of carbonyl (C=O) groups excluding carboxylic acids is 2. The van der Waals surface area contributed by atoms with Crippen molar-refractivity contribution in [3.05, 3.63) is 0 Å². The first-order valence-corrected chi connectivity index (χ1v) is 8.90. The van der Waals surface area contributed by atoms with Gasteiger partial charge in [0.05, 0.1) is 0 Å². The van der Waals surface area contributed by atoms with Crippen LogP contribution in [0.15, 0.2) is 4.99 Å². The lowest BCUT2D eigenvalue weighted by Crippen LogP contribution is -2.46. The molecule has 0 aromatic heterocycles. The normalized spacial score (nSPS) is 16.2. The van der Waals surface area contributed by atoms with E-state index < -0.39 is 0 Å². The van der Waals surface area contributed by atoms with Crippen LogP contribution in [0.2, 0.25) is 0 Å². The minimum atomic E-state index is -0.0568. The van der Waals surface area contributed by atoms with E-state index in [0.717, 1.165) is 31.4 Å². The average Bonchev–Trinajstić information content (AvgIpc) is 2.49. The fourth-order valence-corrected chi connectivity index (χ4v) is 2.53. The molecule has 0 saturated carbocycles. The number of unbranched alkanes of at least 4 members (excludes halogenated alkanes) is 1. The molecule has 132 valence electrons. The van der Waals surface area contributed by atoms with Crippen LogP contribution in [-0.2, 0) is 9.59 Å². The van der Waals surface area contributed by atoms with E-state index in [-0.39, 0.29) is 11.8 Å². The zero-order valence-corrected chi connectivity index (χ0v) is 14.9. The van der Waals surface area contributed by atoms with Crippen molar-refractivity contribution in [2.24, 2.45) is 10.9 Å². The molecule has 1 saturated heterocycles. The number of piperidine rings is 1. The maximum absolute atomic E-state index is 11.7. The lowest BCUT2D eigenvalue weighted by atomic mass is 10.1. The standard InChI is InChI=1S/C17H32N4O2/c1-4-18-17(19-11-6-5-8-14(2)3)20-12-13-21-15(22)9-7-10-16(21)23/h14H,4-13H2,1-3H3,(H2,18,19,20). The molecule has 23 heavy (non-hydrogen) atoms. The van der Waals surface area contributed by atoms with Gasteiger partial charge in [0, 0.05) is 39.0 Å². The first-order valence-electron chi connectivity index (χ1n) is 8.90. The number of hydrogen-bond acceptors (Lipinski definition) is 3. The SMILES string of the molecule is CCNC(=NCCCCC(C)C)NCCN1C(=O)CCCC1=O. The number of aliphatic imine (C=N–C) groups is 1. The van der Waals surface area contributed by atoms with Crippen molar-refractivity contribution in [2.75, 3.05) is 26.2 Å². The molecule has 2 N–H and O–H groups in total. The van der Waals surface area contributed by atoms with E-state index in [4.69, 9.17) is 0 Å². The molecule has 6 heteroatoms. The summed E-state index contributed by atoms with van der Waals surface area (Å²) in [5.41, 5.74) is 0. The number of imide groups is 1. The molecule has 1 aliphatic heterocycles. The summed E-state index contributed by atoms with van der Waals surface area (Å²) in [7, 11) is 0. The Balaban J connectivity index is 2.31. The van der Waals surface area contributed by atoms with Gasteiger partial charge in [-0.05, 0) is 25.7 Å². The van der Waals surface area contributed by atoms with Gasteiger partial charge in [0.25, 0.3) is 0 Å². The van der Waals surface area contributed by atoms with E-state index in [9.17, 15) is 9.59 Å². The van der Waals surface area contributed by atoms with Gasteiger partial charge in [-0.2, -0.15) is 0 Å². The van der Waals surface area contributed by atoms with Crippen LogP contribution in [0, 0.1) is 5.92 Å². The van der Waals surface area contributed by atoms with Crippen LogP contribution in [0.5, 0.6) is 0 Å². The van der Waals surface area contributed by atoms with E-state index in [2.05, 4.69) is 29.5 Å². The third-order valence-electron chi connectivity index (χ3n) is 3.81. The zero-order valence-electron chi connectivity index (χ0n) is 14.9. The third kappa shape index (κ3) is 8.00. The van der Waals surface area contributed by atoms with Gasteiger partial charge < -0.3 is 10.6 Å². The average molecular weight is 324 g/mol. The highest BCUT2D eigenvalue weighted by molar-refractivity contribution is 5.97. The van der Waals surface area contributed by atoms with Gasteiger partial charge in [-0.1, -0.05) is 26.7 Å². The molecule has 0 spiro atoms. The maximum atomic E-state index is 11.7. The predicted octanol–water partition coefficient (Wildman–Crippen LogP) is 1.91. The summed E-state index contributed by atoms with van der Waals surface area (Å²) in [6, 6.07) is 0. The van der Waals surface area contributed by atoms with Crippen LogP contribution in [0.4, 0.5) is 0 Å². The fraction of sp³-hybridized carbons (Fsp3) is 0.824. The molecule has 6 nitrogen and oxygen atoms in total. The van der Waals surface area contributed by atoms with Gasteiger partial charge in [-0.25, -0.2) is 0 Å². The fourth-order valence-electron chi connectivity index (χ4n) is 2.53. The molecule has 0 aromatic carbocycles. The van der Waals surface area contributed by atoms with E-state index in [1.165, 1.54) is 17.7 Å². The number of nitrogens with zero attached hydrogens (tertiary/aromatic N) is 2. The molecule has 0 atom stereocenters. The highest BCUT2D eigenvalue weighted by Gasteiger charge is 2.25. The number of likely N-dealkylation sites (tertiary alicyclic amines) is 1. The summed E-state index contributed by atoms with van der Waals surface area (Å²) in [6.07, 6.45) is 5.15. The zero-order chi connectivity index (χ0) is 17.1. The van der Waals surface area contributed by atoms with Gasteiger partial charge >= 0.3 is 0 Å². The number of nitrogens with one attached hydrogen (secondary N) is 2. The summed E-state index contributed by atoms with van der Waals surface area (Å²) >= 11 is 0. The molecule has 1 rings (SSSR count). The Morgan fingerprint density at radius 1 is 1.17 bits per heavy atom. The Bertz CT molecular complexity index is 391. The van der Waals surface area contributed by atoms with Crippen molar-refractivity contribution >= 4 is 17.8 Å². The van der Waals surface area contributed by atoms with E-state index in [1.54, 1.807) is 0 Å². The number of carbonyl (C=O) groups is 2. The lowest BCUT2D eigenvalue weighted by molar-refractivity contribution is -0.147. The monoisotopic (exact) mass is 324 g/mol. The number of rotatable bonds is 9. The summed E-state index contributed by atoms with van der Waals surface area (Å²) in [5, 5.41) is 6.39. The van der Waals surface area contributed by atoms with Gasteiger partial charge in [0.2, 0.25) is 11.8 Å². The van der Waals surface area contributed by atoms with Crippen molar-refractivity contribution in [1.82, 2.24) is 15.5 Å². The second-order valence-electron chi connectivity index (χ2n) is 6.37. The van der Waals surface area contributed by atoms with Gasteiger partial charge in [0.1, 0.15) is 0 Å². The maximum Gasteiger partial charge on any atom is 0.229 e. The molecular weight excluding hydrogens is 292 g/mol. The first-order chi connectivity index (χ1) is 11.0. The first kappa shape index (κ1) is 19.5. The van der Waals surface area contributed by atoms with E-state index in [0.29, 0.717) is 32.4 Å². The van der Waals surface area contributed by atoms with Crippen LogP contribution in [0.25, 0.3) is 0 Å². The molecule has 0 aliphatic carbocycles. The quantitative estimate of drug-likeness (QED) is 0.294. The molecule has 0 unspecified atom stereocenters. The molecule has 2 amide bonds. The summed E-state index contributed by atoms with van der Waals surface area (Å²) in [6.45, 7) is 9.03. The Kier molecular flexibility index (Phi) is 9.33. The minimum absolute atomic E-state index is 0.0568. The second kappa shape index (κ2) is 11.0. The molecule has 1 heterocycles. The minimum Gasteiger partial charge on any atom is -0.357 e. The molecular formula is C17H32N4O2. The highest BCUT2D eigenvalue weighted by Crippen LogP contribution is 2.11. The Hall–Kier alpha value is -1.59. The lowest BCUT2D eigenvalue weighted by Gasteiger charge is -2.25. The Labute approximate surface area is 140 Å². The molecule has 0 radical (unpaired) electrons. The molecule has 0 bridgehead atoms. The topological polar surface area (TPSA) is 73.8 Å². The van der Waals surface area contributed by atoms with Gasteiger partial charge in [0.15, 0.2) is 5.96 Å². The Morgan fingerprint density at radius 3 is 2.48 bits per heavy atom. The summed E-state index contributed by atoms with van der Waals surface area (Å²) in [4.78, 5) is 29.4. The van der Waals surface area contributed by atoms with Crippen molar-refractivity contribution < 1.29 is 9.59 Å². The molecule has 1 aliphatic rings. The smallest absolute Gasteiger partial charge is 0.229 e. The molecule has 0 aromatic rings. The third-order valence-corrected chi connectivity index (χ3v) is 3.81. The second-order valence-corrected chi connectivity index (χ2v) is 6.37. The van der Waals surface area contributed by atoms with Gasteiger partial charge in [-0.3, -0.25) is 19.5 Å². The summed E-state index contributed by atoms with van der Waals surface area (Å²) in [5.74, 6) is 1.39. The number of hydrogen-bond donors (Lipinski definition) is 2. The van der Waals surface area contributed by atoms with Crippen molar-refractivity contribution in [3.63, 3.8) is 0 Å². The largest absolute Gasteiger partial charge is 0.357 e. The van der Waals surface area contributed by atoms with Crippen molar-refractivity contribution in [3.8, 4) is 0 Å². The van der Waals surface area contributed by atoms with E-state index >= 15 is 0 Å². The van der Waals surface area contributed by atoms with Crippen LogP contribution < -0.4 is 10.6 Å². The van der Waals surface area contributed by atoms with E-state index in [1.807, 2.05) is 6.92 Å². The van der Waals surface area contributed by atoms with Crippen molar-refractivity contribution in [2.45, 2.75) is 59.3 Å². The van der Waals surface area contributed by atoms with Crippen LogP contribution in [0.3, 0.4) is 0 Å². The van der Waals surface area contributed by atoms with Gasteiger partial charge in [-0.15, -0.1) is 0 Å². The Morgan fingerprint density at radius 2 is 1.87 bits per heavy atom. The number of amides is 2. The summed E-state index contributed by atoms with van der Waals surface area (Å²) < 4.78 is 0. The highest BCUT2D eigenvalue weighted by atomic mass is 16.2. The number of guanidine groups is 1.